The van der Waals surface area contributed by atoms with Crippen LogP contribution in [-0.4, -0.2) is 16.9 Å². The van der Waals surface area contributed by atoms with Crippen molar-refractivity contribution in [2.75, 3.05) is 6.61 Å². The summed E-state index contributed by atoms with van der Waals surface area (Å²) in [6.45, 7) is 1.92. The van der Waals surface area contributed by atoms with E-state index in [0.717, 1.165) is 11.5 Å². The number of esters is 1. The van der Waals surface area contributed by atoms with E-state index in [9.17, 15) is 4.79 Å². The van der Waals surface area contributed by atoms with Gasteiger partial charge in [0.25, 0.3) is 0 Å². The Morgan fingerprint density at radius 3 is 3.08 bits per heavy atom. The smallest absolute Gasteiger partial charge is 0.343 e. The highest BCUT2D eigenvalue weighted by atomic mass is 35.5. The molecular formula is C7H5ClN2O2S. The summed E-state index contributed by atoms with van der Waals surface area (Å²) < 4.78 is 8.38. The van der Waals surface area contributed by atoms with E-state index in [0.29, 0.717) is 0 Å². The summed E-state index contributed by atoms with van der Waals surface area (Å²) in [6.07, 6.45) is 0. The van der Waals surface area contributed by atoms with Crippen LogP contribution in [0.15, 0.2) is 0 Å². The van der Waals surface area contributed by atoms with Crippen LogP contribution >= 0.6 is 23.1 Å². The van der Waals surface area contributed by atoms with E-state index in [1.165, 1.54) is 0 Å². The average molecular weight is 217 g/mol. The zero-order valence-corrected chi connectivity index (χ0v) is 8.28. The normalized spacial score (nSPS) is 9.31. The molecule has 0 spiro atoms. The molecule has 1 aromatic heterocycles. The number of nitriles is 1. The molecule has 0 aliphatic carbocycles. The molecule has 4 nitrogen and oxygen atoms in total. The molecule has 0 atom stereocenters. The third-order valence-electron chi connectivity index (χ3n) is 1.23. The summed E-state index contributed by atoms with van der Waals surface area (Å²) in [5.41, 5.74) is 0.0658. The van der Waals surface area contributed by atoms with E-state index >= 15 is 0 Å². The summed E-state index contributed by atoms with van der Waals surface area (Å²) in [7, 11) is 0. The molecule has 68 valence electrons. The van der Waals surface area contributed by atoms with Crippen LogP contribution in [0.4, 0.5) is 0 Å². The van der Waals surface area contributed by atoms with E-state index in [2.05, 4.69) is 4.37 Å². The van der Waals surface area contributed by atoms with E-state index in [-0.39, 0.29) is 22.2 Å². The Hall–Kier alpha value is -1.12. The lowest BCUT2D eigenvalue weighted by molar-refractivity contribution is 0.0526. The fraction of sp³-hybridized carbons (Fsp3) is 0.286. The van der Waals surface area contributed by atoms with Gasteiger partial charge in [-0.3, -0.25) is 0 Å². The van der Waals surface area contributed by atoms with E-state index < -0.39 is 5.97 Å². The monoisotopic (exact) mass is 216 g/mol. The van der Waals surface area contributed by atoms with Gasteiger partial charge in [0.15, 0.2) is 5.15 Å². The Bertz CT molecular complexity index is 369. The molecule has 13 heavy (non-hydrogen) atoms. The van der Waals surface area contributed by atoms with Crippen molar-refractivity contribution in [1.82, 2.24) is 4.37 Å². The van der Waals surface area contributed by atoms with Gasteiger partial charge in [0.1, 0.15) is 16.5 Å². The van der Waals surface area contributed by atoms with Crippen molar-refractivity contribution < 1.29 is 9.53 Å². The lowest BCUT2D eigenvalue weighted by atomic mass is 10.3. The van der Waals surface area contributed by atoms with Crippen LogP contribution in [0.2, 0.25) is 5.15 Å². The van der Waals surface area contributed by atoms with Gasteiger partial charge in [-0.2, -0.15) is 9.64 Å². The molecule has 0 bridgehead atoms. The zero-order valence-electron chi connectivity index (χ0n) is 6.70. The van der Waals surface area contributed by atoms with Crippen molar-refractivity contribution in [3.63, 3.8) is 0 Å². The second-order valence-corrected chi connectivity index (χ2v) is 3.14. The molecule has 0 aromatic carbocycles. The van der Waals surface area contributed by atoms with Crippen LogP contribution in [0.25, 0.3) is 0 Å². The molecule has 0 fully saturated rings. The van der Waals surface area contributed by atoms with Gasteiger partial charge >= 0.3 is 5.97 Å². The van der Waals surface area contributed by atoms with Gasteiger partial charge in [0.2, 0.25) is 0 Å². The molecule has 0 saturated carbocycles. The maximum Gasteiger partial charge on any atom is 0.343 e. The van der Waals surface area contributed by atoms with Gasteiger partial charge < -0.3 is 4.74 Å². The van der Waals surface area contributed by atoms with Crippen LogP contribution in [0, 0.1) is 11.3 Å². The molecule has 0 N–H and O–H groups in total. The largest absolute Gasteiger partial charge is 0.462 e. The summed E-state index contributed by atoms with van der Waals surface area (Å²) in [4.78, 5) is 11.4. The number of hydrogen-bond acceptors (Lipinski definition) is 5. The van der Waals surface area contributed by atoms with Gasteiger partial charge in [0.05, 0.1) is 6.61 Å². The maximum atomic E-state index is 11.2. The fourth-order valence-electron chi connectivity index (χ4n) is 0.727. The van der Waals surface area contributed by atoms with Crippen molar-refractivity contribution >= 4 is 29.1 Å². The van der Waals surface area contributed by atoms with Crippen molar-refractivity contribution in [1.29, 1.82) is 5.26 Å². The molecule has 0 amide bonds. The first-order valence-electron chi connectivity index (χ1n) is 3.43. The van der Waals surface area contributed by atoms with Crippen molar-refractivity contribution in [2.45, 2.75) is 6.92 Å². The molecule has 1 aromatic rings. The van der Waals surface area contributed by atoms with Gasteiger partial charge in [-0.15, -0.1) is 0 Å². The number of aromatic nitrogens is 1. The molecular weight excluding hydrogens is 212 g/mol. The van der Waals surface area contributed by atoms with Crippen LogP contribution in [0.1, 0.15) is 22.2 Å². The summed E-state index contributed by atoms with van der Waals surface area (Å²) in [6, 6.07) is 1.83. The Kier molecular flexibility index (Phi) is 3.23. The first kappa shape index (κ1) is 9.96. The summed E-state index contributed by atoms with van der Waals surface area (Å²) in [5.74, 6) is -0.599. The van der Waals surface area contributed by atoms with Gasteiger partial charge in [-0.1, -0.05) is 11.6 Å². The standard InChI is InChI=1S/C7H5ClN2O2S/c1-2-12-7(11)5-4(3-9)13-10-6(5)8/h2H2,1H3. The maximum absolute atomic E-state index is 11.2. The van der Waals surface area contributed by atoms with Gasteiger partial charge in [-0.25, -0.2) is 4.79 Å². The predicted molar refractivity (Wildman–Crippen MR) is 47.8 cm³/mol. The minimum Gasteiger partial charge on any atom is -0.462 e. The minimum atomic E-state index is -0.599. The number of nitrogens with zero attached hydrogens (tertiary/aromatic N) is 2. The first-order valence-corrected chi connectivity index (χ1v) is 4.58. The first-order chi connectivity index (χ1) is 6.20. The van der Waals surface area contributed by atoms with E-state index in [1.54, 1.807) is 6.92 Å². The molecule has 6 heteroatoms. The third-order valence-corrected chi connectivity index (χ3v) is 2.36. The number of carbonyl (C=O) groups excluding carboxylic acids is 1. The zero-order chi connectivity index (χ0) is 9.84. The molecule has 0 unspecified atom stereocenters. The highest BCUT2D eigenvalue weighted by Gasteiger charge is 2.20. The minimum absolute atomic E-state index is 0.0278. The van der Waals surface area contributed by atoms with Crippen LogP contribution < -0.4 is 0 Å². The molecule has 0 aliphatic rings. The molecule has 1 rings (SSSR count). The molecule has 0 radical (unpaired) electrons. The SMILES string of the molecule is CCOC(=O)c1c(Cl)nsc1C#N. The quantitative estimate of drug-likeness (QED) is 0.708. The predicted octanol–water partition coefficient (Wildman–Crippen LogP) is 1.84. The number of hydrogen-bond donors (Lipinski definition) is 0. The Balaban J connectivity index is 3.05. The van der Waals surface area contributed by atoms with Crippen molar-refractivity contribution in [3.05, 3.63) is 15.6 Å². The Morgan fingerprint density at radius 1 is 1.85 bits per heavy atom. The van der Waals surface area contributed by atoms with Crippen LogP contribution in [0.3, 0.4) is 0 Å². The second-order valence-electron chi connectivity index (χ2n) is 2.01. The van der Waals surface area contributed by atoms with E-state index in [1.807, 2.05) is 6.07 Å². The van der Waals surface area contributed by atoms with Crippen LogP contribution in [0.5, 0.6) is 0 Å². The summed E-state index contributed by atoms with van der Waals surface area (Å²) >= 11 is 6.49. The van der Waals surface area contributed by atoms with Gasteiger partial charge in [0, 0.05) is 0 Å². The van der Waals surface area contributed by atoms with Crippen LogP contribution in [-0.2, 0) is 4.74 Å². The number of ether oxygens (including phenoxy) is 1. The van der Waals surface area contributed by atoms with Crippen molar-refractivity contribution in [2.24, 2.45) is 0 Å². The lowest BCUT2D eigenvalue weighted by Gasteiger charge is -1.98. The lowest BCUT2D eigenvalue weighted by Crippen LogP contribution is -2.05. The second kappa shape index (κ2) is 4.21. The number of carbonyl (C=O) groups is 1. The van der Waals surface area contributed by atoms with E-state index in [4.69, 9.17) is 21.6 Å². The Labute approximate surface area is 83.9 Å². The summed E-state index contributed by atoms with van der Waals surface area (Å²) in [5, 5.41) is 8.63. The topological polar surface area (TPSA) is 63.0 Å². The number of halogens is 1. The highest BCUT2D eigenvalue weighted by Crippen LogP contribution is 2.23. The highest BCUT2D eigenvalue weighted by molar-refractivity contribution is 7.07. The molecule has 1 heterocycles. The van der Waals surface area contributed by atoms with Gasteiger partial charge in [-0.05, 0) is 18.5 Å². The Morgan fingerprint density at radius 2 is 2.54 bits per heavy atom. The number of rotatable bonds is 2. The molecule has 0 saturated heterocycles. The average Bonchev–Trinajstić information content (AvgIpc) is 2.47. The fourth-order valence-corrected chi connectivity index (χ4v) is 1.63. The molecule has 0 aliphatic heterocycles. The van der Waals surface area contributed by atoms with Crippen molar-refractivity contribution in [3.8, 4) is 6.07 Å². The third kappa shape index (κ3) is 1.97.